The van der Waals surface area contributed by atoms with Crippen LogP contribution in [0.1, 0.15) is 68.4 Å². The second kappa shape index (κ2) is 18.5. The number of methoxy groups -OCH3 is 3. The topological polar surface area (TPSA) is 127 Å². The van der Waals surface area contributed by atoms with Crippen molar-refractivity contribution < 1.29 is 44.1 Å². The number of hydrogen-bond donors (Lipinski definition) is 4. The largest absolute Gasteiger partial charge is 0.382 e. The third-order valence-electron chi connectivity index (χ3n) is 10.4. The average Bonchev–Trinajstić information content (AvgIpc) is 3.28. The van der Waals surface area contributed by atoms with E-state index in [9.17, 15) is 20.4 Å². The molecule has 0 fully saturated rings. The first-order valence-electron chi connectivity index (χ1n) is 18.7. The predicted molar refractivity (Wildman–Crippen MR) is 216 cm³/mol. The summed E-state index contributed by atoms with van der Waals surface area (Å²) >= 11 is 0. The second-order valence-electron chi connectivity index (χ2n) is 13.9. The van der Waals surface area contributed by atoms with Gasteiger partial charge in [0.05, 0.1) is 13.2 Å². The van der Waals surface area contributed by atoms with E-state index < -0.39 is 35.7 Å². The van der Waals surface area contributed by atoms with E-state index in [1.165, 1.54) is 14.2 Å². The van der Waals surface area contributed by atoms with Crippen LogP contribution in [0.25, 0.3) is 0 Å². The molecule has 6 aromatic carbocycles. The molecule has 0 saturated heterocycles. The monoisotopic (exact) mass is 770 g/mol. The number of aliphatic hydroxyl groups excluding tert-OH is 2. The molecule has 0 spiro atoms. The van der Waals surface area contributed by atoms with Crippen molar-refractivity contribution in [2.24, 2.45) is 0 Å². The summed E-state index contributed by atoms with van der Waals surface area (Å²) in [7, 11) is 4.29. The number of benzene rings is 6. The summed E-state index contributed by atoms with van der Waals surface area (Å²) in [5.41, 5.74) is 5.95. The Labute approximate surface area is 334 Å². The first kappa shape index (κ1) is 41.6. The van der Waals surface area contributed by atoms with Crippen LogP contribution in [0.4, 0.5) is 0 Å². The van der Waals surface area contributed by atoms with Crippen LogP contribution in [0.5, 0.6) is 0 Å². The van der Waals surface area contributed by atoms with Crippen molar-refractivity contribution in [3.8, 4) is 0 Å². The molecular weight excluding hydrogens is 721 g/mol. The van der Waals surface area contributed by atoms with E-state index >= 15 is 0 Å². The molecule has 9 nitrogen and oxygen atoms in total. The minimum absolute atomic E-state index is 0.0926. The van der Waals surface area contributed by atoms with Crippen LogP contribution in [0, 0.1) is 6.92 Å². The van der Waals surface area contributed by atoms with Crippen molar-refractivity contribution in [1.29, 1.82) is 0 Å². The number of hydrogen-bond acceptors (Lipinski definition) is 9. The zero-order valence-corrected chi connectivity index (χ0v) is 32.6. The molecule has 0 aliphatic carbocycles. The highest BCUT2D eigenvalue weighted by Gasteiger charge is 2.45. The molecule has 6 unspecified atom stereocenters. The zero-order chi connectivity index (χ0) is 40.5. The van der Waals surface area contributed by atoms with Crippen LogP contribution < -0.4 is 0 Å². The third kappa shape index (κ3) is 8.93. The smallest absolute Gasteiger partial charge is 0.226 e. The Balaban J connectivity index is 1.28. The lowest BCUT2D eigenvalue weighted by atomic mass is 9.92. The fraction of sp³-hybridized carbons (Fsp3) is 0.250. The summed E-state index contributed by atoms with van der Waals surface area (Å²) in [5, 5.41) is 45.2. The number of rotatable bonds is 18. The summed E-state index contributed by atoms with van der Waals surface area (Å²) in [6.45, 7) is 2.24. The molecule has 6 rings (SSSR count). The van der Waals surface area contributed by atoms with Crippen LogP contribution in [0.3, 0.4) is 0 Å². The molecule has 4 N–H and O–H groups in total. The molecule has 9 heteroatoms. The fourth-order valence-corrected chi connectivity index (χ4v) is 6.98. The Morgan fingerprint density at radius 1 is 0.456 bits per heavy atom. The summed E-state index contributed by atoms with van der Waals surface area (Å²) in [5.74, 6) is -5.42. The van der Waals surface area contributed by atoms with Gasteiger partial charge in [-0.05, 0) is 34.7 Å². The van der Waals surface area contributed by atoms with Gasteiger partial charge in [-0.15, -0.1) is 0 Å². The van der Waals surface area contributed by atoms with Crippen molar-refractivity contribution in [1.82, 2.24) is 0 Å². The first-order chi connectivity index (χ1) is 27.6. The number of aryl methyl sites for hydroxylation is 1. The first-order valence-corrected chi connectivity index (χ1v) is 18.7. The minimum Gasteiger partial charge on any atom is -0.382 e. The Hall–Kier alpha value is -5.04. The van der Waals surface area contributed by atoms with Gasteiger partial charge in [-0.25, -0.2) is 0 Å². The number of aliphatic hydroxyl groups is 4. The molecule has 0 amide bonds. The lowest BCUT2D eigenvalue weighted by Gasteiger charge is -2.40. The molecule has 0 aliphatic heterocycles. The van der Waals surface area contributed by atoms with Crippen LogP contribution in [-0.2, 0) is 54.3 Å². The molecule has 57 heavy (non-hydrogen) atoms. The standard InChI is InChI=1S/C48H50O9/c1-34-20-26-42(27-21-34)48(55-4,57-33-36-24-30-41(31-25-36)47(52,54-3)44(50)38-16-10-6-11-17-38)45(39-18-12-7-13-19-39)56-32-35-22-28-40(29-23-35)46(51,53-2)43(49)37-14-8-5-9-15-37/h5-31,43-45,49-52H,32-33H2,1-4H3. The SMILES string of the molecule is COC(O)(c1ccc(COC(c2ccccc2)C(OC)(OCc2ccc(C(O)(OC)C(O)c3ccccc3)cc2)c2ccc(C)cc2)cc1)C(O)c1ccccc1. The van der Waals surface area contributed by atoms with E-state index in [1.807, 2.05) is 97.9 Å². The number of ether oxygens (including phenoxy) is 5. The molecule has 296 valence electrons. The van der Waals surface area contributed by atoms with E-state index in [4.69, 9.17) is 23.7 Å². The molecule has 0 radical (unpaired) electrons. The maximum absolute atomic E-state index is 11.5. The van der Waals surface area contributed by atoms with Gasteiger partial charge in [0, 0.05) is 38.0 Å². The quantitative estimate of drug-likeness (QED) is 0.0643. The molecular formula is C48H50O9. The van der Waals surface area contributed by atoms with Gasteiger partial charge in [-0.3, -0.25) is 0 Å². The molecule has 0 saturated carbocycles. The van der Waals surface area contributed by atoms with E-state index in [0.29, 0.717) is 22.3 Å². The third-order valence-corrected chi connectivity index (χ3v) is 10.4. The molecule has 0 aliphatic rings. The summed E-state index contributed by atoms with van der Waals surface area (Å²) in [4.78, 5) is 0. The predicted octanol–water partition coefficient (Wildman–Crippen LogP) is 8.02. The van der Waals surface area contributed by atoms with Gasteiger partial charge in [0.2, 0.25) is 17.4 Å². The lowest BCUT2D eigenvalue weighted by molar-refractivity contribution is -0.302. The van der Waals surface area contributed by atoms with Gasteiger partial charge in [0.1, 0.15) is 18.3 Å². The molecule has 6 aromatic rings. The summed E-state index contributed by atoms with van der Waals surface area (Å²) in [6, 6.07) is 49.4. The van der Waals surface area contributed by atoms with E-state index in [-0.39, 0.29) is 13.2 Å². The van der Waals surface area contributed by atoms with Crippen molar-refractivity contribution in [2.75, 3.05) is 21.3 Å². The van der Waals surface area contributed by atoms with Crippen molar-refractivity contribution in [3.63, 3.8) is 0 Å². The highest BCUT2D eigenvalue weighted by Crippen LogP contribution is 2.44. The van der Waals surface area contributed by atoms with Gasteiger partial charge >= 0.3 is 0 Å². The maximum atomic E-state index is 11.5. The van der Waals surface area contributed by atoms with Crippen LogP contribution in [0.2, 0.25) is 0 Å². The molecule has 0 heterocycles. The van der Waals surface area contributed by atoms with Gasteiger partial charge in [-0.2, -0.15) is 0 Å². The molecule has 6 atom stereocenters. The average molecular weight is 771 g/mol. The van der Waals surface area contributed by atoms with Crippen molar-refractivity contribution in [2.45, 2.75) is 55.8 Å². The molecule has 0 bridgehead atoms. The van der Waals surface area contributed by atoms with Gasteiger partial charge in [0.15, 0.2) is 0 Å². The van der Waals surface area contributed by atoms with Gasteiger partial charge in [0.25, 0.3) is 0 Å². The van der Waals surface area contributed by atoms with Crippen LogP contribution >= 0.6 is 0 Å². The van der Waals surface area contributed by atoms with Crippen molar-refractivity contribution >= 4 is 0 Å². The lowest BCUT2D eigenvalue weighted by Crippen LogP contribution is -2.40. The van der Waals surface area contributed by atoms with Crippen LogP contribution in [-0.4, -0.2) is 41.8 Å². The fourth-order valence-electron chi connectivity index (χ4n) is 6.98. The van der Waals surface area contributed by atoms with E-state index in [0.717, 1.165) is 27.8 Å². The van der Waals surface area contributed by atoms with Crippen molar-refractivity contribution in [3.05, 3.63) is 214 Å². The normalized spacial score (nSPS) is 16.4. The van der Waals surface area contributed by atoms with Gasteiger partial charge in [-0.1, -0.05) is 169 Å². The van der Waals surface area contributed by atoms with Gasteiger partial charge < -0.3 is 44.1 Å². The Kier molecular flexibility index (Phi) is 13.5. The minimum atomic E-state index is -1.99. The Morgan fingerprint density at radius 2 is 0.842 bits per heavy atom. The Bertz CT molecular complexity index is 2110. The highest BCUT2D eigenvalue weighted by molar-refractivity contribution is 5.34. The maximum Gasteiger partial charge on any atom is 0.226 e. The Morgan fingerprint density at radius 3 is 1.25 bits per heavy atom. The zero-order valence-electron chi connectivity index (χ0n) is 32.6. The molecule has 0 aromatic heterocycles. The highest BCUT2D eigenvalue weighted by atomic mass is 16.7. The van der Waals surface area contributed by atoms with E-state index in [2.05, 4.69) is 0 Å². The summed E-state index contributed by atoms with van der Waals surface area (Å²) in [6.07, 6.45) is -3.44. The summed E-state index contributed by atoms with van der Waals surface area (Å²) < 4.78 is 31.0. The van der Waals surface area contributed by atoms with E-state index in [1.54, 1.807) is 79.9 Å². The van der Waals surface area contributed by atoms with Crippen LogP contribution in [0.15, 0.2) is 164 Å². The second-order valence-corrected chi connectivity index (χ2v) is 13.9.